The highest BCUT2D eigenvalue weighted by atomic mass is 32.2. The van der Waals surface area contributed by atoms with Crippen molar-refractivity contribution < 1.29 is 4.74 Å². The number of guanidine groups is 1. The molecule has 3 N–H and O–H groups in total. The van der Waals surface area contributed by atoms with Crippen molar-refractivity contribution in [3.8, 4) is 0 Å². The molecule has 0 spiro atoms. The Balaban J connectivity index is 1.61. The first kappa shape index (κ1) is 21.1. The van der Waals surface area contributed by atoms with Gasteiger partial charge in [0.1, 0.15) is 0 Å². The van der Waals surface area contributed by atoms with Gasteiger partial charge in [0.15, 0.2) is 5.96 Å². The standard InChI is InChI=1S/C22H34N4OS/c1-4-23-21(26-16-22(28-5-2)10-13-27-14-11-22)24-12-9-18-15-25-19-8-6-7-17(3)20(18)19/h6-8,15,25H,4-5,9-14,16H2,1-3H3,(H2,23,24,26). The van der Waals surface area contributed by atoms with Gasteiger partial charge in [-0.15, -0.1) is 0 Å². The molecular weight excluding hydrogens is 368 g/mol. The molecule has 0 unspecified atom stereocenters. The van der Waals surface area contributed by atoms with Crippen LogP contribution in [0.3, 0.4) is 0 Å². The summed E-state index contributed by atoms with van der Waals surface area (Å²) >= 11 is 2.04. The number of fused-ring (bicyclic) bond motifs is 1. The Bertz CT molecular complexity index is 774. The number of aliphatic imine (C=N–C) groups is 1. The smallest absolute Gasteiger partial charge is 0.191 e. The van der Waals surface area contributed by atoms with Gasteiger partial charge in [-0.05, 0) is 56.1 Å². The van der Waals surface area contributed by atoms with Gasteiger partial charge in [-0.1, -0.05) is 19.1 Å². The average molecular weight is 403 g/mol. The number of aromatic amines is 1. The van der Waals surface area contributed by atoms with Gasteiger partial charge >= 0.3 is 0 Å². The summed E-state index contributed by atoms with van der Waals surface area (Å²) in [7, 11) is 0. The van der Waals surface area contributed by atoms with Crippen molar-refractivity contribution in [2.45, 2.75) is 44.8 Å². The van der Waals surface area contributed by atoms with E-state index in [0.717, 1.165) is 63.8 Å². The summed E-state index contributed by atoms with van der Waals surface area (Å²) < 4.78 is 5.81. The third-order valence-corrected chi connectivity index (χ3v) is 6.85. The Labute approximate surface area is 173 Å². The Kier molecular flexibility index (Phi) is 7.68. The monoisotopic (exact) mass is 402 g/mol. The lowest BCUT2D eigenvalue weighted by Crippen LogP contribution is -2.41. The molecule has 1 aliphatic rings. The molecule has 2 heterocycles. The number of rotatable bonds is 8. The molecule has 1 aliphatic heterocycles. The lowest BCUT2D eigenvalue weighted by atomic mass is 9.99. The maximum atomic E-state index is 5.58. The Morgan fingerprint density at radius 2 is 2.07 bits per heavy atom. The van der Waals surface area contributed by atoms with Crippen LogP contribution in [0, 0.1) is 6.92 Å². The van der Waals surface area contributed by atoms with E-state index in [1.165, 1.54) is 22.0 Å². The van der Waals surface area contributed by atoms with E-state index < -0.39 is 0 Å². The lowest BCUT2D eigenvalue weighted by molar-refractivity contribution is 0.0793. The number of nitrogens with zero attached hydrogens (tertiary/aromatic N) is 1. The predicted octanol–water partition coefficient (Wildman–Crippen LogP) is 3.88. The van der Waals surface area contributed by atoms with Gasteiger partial charge in [0.2, 0.25) is 0 Å². The minimum absolute atomic E-state index is 0.225. The molecule has 0 aliphatic carbocycles. The number of benzene rings is 1. The third kappa shape index (κ3) is 5.23. The zero-order valence-electron chi connectivity index (χ0n) is 17.4. The number of ether oxygens (including phenoxy) is 1. The van der Waals surface area contributed by atoms with Crippen LogP contribution in [-0.2, 0) is 11.2 Å². The Hall–Kier alpha value is -1.66. The Morgan fingerprint density at radius 3 is 2.82 bits per heavy atom. The third-order valence-electron chi connectivity index (χ3n) is 5.41. The topological polar surface area (TPSA) is 61.4 Å². The summed E-state index contributed by atoms with van der Waals surface area (Å²) in [4.78, 5) is 8.33. The van der Waals surface area contributed by atoms with Gasteiger partial charge < -0.3 is 20.4 Å². The van der Waals surface area contributed by atoms with E-state index in [1.807, 2.05) is 11.8 Å². The molecule has 5 nitrogen and oxygen atoms in total. The van der Waals surface area contributed by atoms with Crippen LogP contribution in [0.15, 0.2) is 29.4 Å². The summed E-state index contributed by atoms with van der Waals surface area (Å²) in [5.41, 5.74) is 3.90. The maximum absolute atomic E-state index is 5.58. The molecule has 0 atom stereocenters. The van der Waals surface area contributed by atoms with Crippen LogP contribution in [0.25, 0.3) is 10.9 Å². The quantitative estimate of drug-likeness (QED) is 0.463. The molecule has 3 rings (SSSR count). The maximum Gasteiger partial charge on any atom is 0.191 e. The number of aryl methyl sites for hydroxylation is 1. The fraction of sp³-hybridized carbons (Fsp3) is 0.591. The van der Waals surface area contributed by atoms with Crippen LogP contribution in [0.2, 0.25) is 0 Å². The van der Waals surface area contributed by atoms with Gasteiger partial charge in [0.05, 0.1) is 6.54 Å². The normalized spacial score (nSPS) is 17.0. The molecular formula is C22H34N4OS. The summed E-state index contributed by atoms with van der Waals surface area (Å²) in [6, 6.07) is 6.42. The highest BCUT2D eigenvalue weighted by Crippen LogP contribution is 2.35. The van der Waals surface area contributed by atoms with Crippen molar-refractivity contribution in [1.29, 1.82) is 0 Å². The minimum Gasteiger partial charge on any atom is -0.381 e. The highest BCUT2D eigenvalue weighted by molar-refractivity contribution is 8.00. The SMILES string of the molecule is CCNC(=NCC1(SCC)CCOCC1)NCCc1c[nH]c2cccc(C)c12. The summed E-state index contributed by atoms with van der Waals surface area (Å²) in [6.07, 6.45) is 5.28. The van der Waals surface area contributed by atoms with E-state index in [9.17, 15) is 0 Å². The van der Waals surface area contributed by atoms with Gasteiger partial charge in [-0.25, -0.2) is 0 Å². The molecule has 28 heavy (non-hydrogen) atoms. The molecule has 2 aromatic rings. The molecule has 0 radical (unpaired) electrons. The summed E-state index contributed by atoms with van der Waals surface area (Å²) in [6.45, 7) is 10.8. The van der Waals surface area contributed by atoms with E-state index in [-0.39, 0.29) is 4.75 Å². The number of hydrogen-bond acceptors (Lipinski definition) is 3. The summed E-state index contributed by atoms with van der Waals surface area (Å²) in [5.74, 6) is 2.04. The van der Waals surface area contributed by atoms with E-state index >= 15 is 0 Å². The Morgan fingerprint density at radius 1 is 1.25 bits per heavy atom. The van der Waals surface area contributed by atoms with Gasteiger partial charge in [0.25, 0.3) is 0 Å². The fourth-order valence-electron chi connectivity index (χ4n) is 3.93. The van der Waals surface area contributed by atoms with E-state index in [4.69, 9.17) is 9.73 Å². The number of aromatic nitrogens is 1. The molecule has 1 fully saturated rings. The number of thioether (sulfide) groups is 1. The molecule has 1 aromatic heterocycles. The zero-order valence-corrected chi connectivity index (χ0v) is 18.3. The minimum atomic E-state index is 0.225. The van der Waals surface area contributed by atoms with Gasteiger partial charge in [-0.3, -0.25) is 4.99 Å². The molecule has 6 heteroatoms. The molecule has 1 saturated heterocycles. The van der Waals surface area contributed by atoms with E-state index in [0.29, 0.717) is 0 Å². The molecule has 0 amide bonds. The van der Waals surface area contributed by atoms with Crippen LogP contribution < -0.4 is 10.6 Å². The largest absolute Gasteiger partial charge is 0.381 e. The van der Waals surface area contributed by atoms with Crippen LogP contribution in [0.5, 0.6) is 0 Å². The molecule has 1 aromatic carbocycles. The lowest BCUT2D eigenvalue weighted by Gasteiger charge is -2.35. The van der Waals surface area contributed by atoms with Crippen molar-refractivity contribution in [3.05, 3.63) is 35.5 Å². The highest BCUT2D eigenvalue weighted by Gasteiger charge is 2.32. The summed E-state index contributed by atoms with van der Waals surface area (Å²) in [5, 5.41) is 8.28. The van der Waals surface area contributed by atoms with E-state index in [1.54, 1.807) is 0 Å². The van der Waals surface area contributed by atoms with Crippen LogP contribution >= 0.6 is 11.8 Å². The number of hydrogen-bond donors (Lipinski definition) is 3. The second-order valence-corrected chi connectivity index (χ2v) is 9.14. The van der Waals surface area contributed by atoms with Crippen molar-refractivity contribution >= 4 is 28.6 Å². The first-order valence-corrected chi connectivity index (χ1v) is 11.5. The van der Waals surface area contributed by atoms with Gasteiger partial charge in [-0.2, -0.15) is 11.8 Å². The van der Waals surface area contributed by atoms with Crippen LogP contribution in [0.4, 0.5) is 0 Å². The van der Waals surface area contributed by atoms with E-state index in [2.05, 4.69) is 60.8 Å². The van der Waals surface area contributed by atoms with Crippen molar-refractivity contribution in [2.24, 2.45) is 4.99 Å². The van der Waals surface area contributed by atoms with Crippen molar-refractivity contribution in [2.75, 3.05) is 38.6 Å². The first-order valence-electron chi connectivity index (χ1n) is 10.5. The van der Waals surface area contributed by atoms with Crippen molar-refractivity contribution in [3.63, 3.8) is 0 Å². The number of H-pyrrole nitrogens is 1. The van der Waals surface area contributed by atoms with Crippen molar-refractivity contribution in [1.82, 2.24) is 15.6 Å². The zero-order chi connectivity index (χ0) is 19.8. The molecule has 0 bridgehead atoms. The second kappa shape index (κ2) is 10.2. The molecule has 154 valence electrons. The fourth-order valence-corrected chi connectivity index (χ4v) is 5.15. The predicted molar refractivity (Wildman–Crippen MR) is 122 cm³/mol. The second-order valence-electron chi connectivity index (χ2n) is 7.41. The molecule has 0 saturated carbocycles. The number of nitrogens with one attached hydrogen (secondary N) is 3. The average Bonchev–Trinajstić information content (AvgIpc) is 3.12. The van der Waals surface area contributed by atoms with Crippen LogP contribution in [-0.4, -0.2) is 54.3 Å². The first-order chi connectivity index (χ1) is 13.7. The van der Waals surface area contributed by atoms with Gasteiger partial charge in [0, 0.05) is 48.2 Å². The van der Waals surface area contributed by atoms with Crippen LogP contribution in [0.1, 0.15) is 37.8 Å².